The standard InChI is InChI=1S/C17H22N2/c1-3-4-11-17(15-9-6-5-7-10-15)19-16-12-8-13-18-14(16)2/h5-10,12-13,17,19H,3-4,11H2,1-2H3. The van der Waals surface area contributed by atoms with Crippen LogP contribution in [0.2, 0.25) is 0 Å². The van der Waals surface area contributed by atoms with Crippen LogP contribution in [-0.2, 0) is 0 Å². The molecule has 2 heteroatoms. The molecule has 2 aromatic rings. The maximum atomic E-state index is 4.34. The van der Waals surface area contributed by atoms with Gasteiger partial charge in [-0.3, -0.25) is 4.98 Å². The third kappa shape index (κ3) is 3.82. The molecule has 0 aliphatic heterocycles. The molecule has 100 valence electrons. The van der Waals surface area contributed by atoms with E-state index in [4.69, 9.17) is 0 Å². The highest BCUT2D eigenvalue weighted by atomic mass is 14.9. The highest BCUT2D eigenvalue weighted by Crippen LogP contribution is 2.25. The average Bonchev–Trinajstić information content (AvgIpc) is 2.46. The highest BCUT2D eigenvalue weighted by Gasteiger charge is 2.11. The predicted molar refractivity (Wildman–Crippen MR) is 81.3 cm³/mol. The third-order valence-electron chi connectivity index (χ3n) is 3.38. The quantitative estimate of drug-likeness (QED) is 0.805. The van der Waals surface area contributed by atoms with Crippen molar-refractivity contribution in [2.75, 3.05) is 5.32 Å². The Labute approximate surface area is 115 Å². The molecule has 0 aliphatic rings. The number of nitrogens with zero attached hydrogens (tertiary/aromatic N) is 1. The van der Waals surface area contributed by atoms with Crippen LogP contribution in [0.3, 0.4) is 0 Å². The van der Waals surface area contributed by atoms with Crippen LogP contribution in [0.15, 0.2) is 48.7 Å². The van der Waals surface area contributed by atoms with Crippen molar-refractivity contribution in [3.8, 4) is 0 Å². The molecule has 0 spiro atoms. The van der Waals surface area contributed by atoms with E-state index in [2.05, 4.69) is 53.6 Å². The van der Waals surface area contributed by atoms with Crippen molar-refractivity contribution < 1.29 is 0 Å². The number of anilines is 1. The van der Waals surface area contributed by atoms with Gasteiger partial charge in [-0.25, -0.2) is 0 Å². The van der Waals surface area contributed by atoms with Crippen LogP contribution in [-0.4, -0.2) is 4.98 Å². The molecule has 1 aromatic heterocycles. The number of hydrogen-bond acceptors (Lipinski definition) is 2. The fourth-order valence-electron chi connectivity index (χ4n) is 2.24. The lowest BCUT2D eigenvalue weighted by atomic mass is 10.0. The Morgan fingerprint density at radius 1 is 1.11 bits per heavy atom. The summed E-state index contributed by atoms with van der Waals surface area (Å²) in [5.74, 6) is 0. The number of hydrogen-bond donors (Lipinski definition) is 1. The minimum Gasteiger partial charge on any atom is -0.377 e. The number of aromatic nitrogens is 1. The molecule has 0 amide bonds. The van der Waals surface area contributed by atoms with Crippen molar-refractivity contribution in [3.05, 3.63) is 59.9 Å². The van der Waals surface area contributed by atoms with Gasteiger partial charge in [0.25, 0.3) is 0 Å². The molecule has 0 saturated carbocycles. The highest BCUT2D eigenvalue weighted by molar-refractivity contribution is 5.48. The predicted octanol–water partition coefficient (Wildman–Crippen LogP) is 4.73. The molecule has 0 bridgehead atoms. The van der Waals surface area contributed by atoms with E-state index < -0.39 is 0 Å². The Hall–Kier alpha value is -1.83. The molecule has 0 aliphatic carbocycles. The zero-order chi connectivity index (χ0) is 13.5. The van der Waals surface area contributed by atoms with E-state index in [0.29, 0.717) is 6.04 Å². The van der Waals surface area contributed by atoms with Crippen LogP contribution in [0.4, 0.5) is 5.69 Å². The van der Waals surface area contributed by atoms with Crippen LogP contribution < -0.4 is 5.32 Å². The summed E-state index contributed by atoms with van der Waals surface area (Å²) in [5.41, 5.74) is 3.53. The van der Waals surface area contributed by atoms with Crippen molar-refractivity contribution in [1.29, 1.82) is 0 Å². The second-order valence-electron chi connectivity index (χ2n) is 4.89. The summed E-state index contributed by atoms with van der Waals surface area (Å²) in [6.07, 6.45) is 5.43. The van der Waals surface area contributed by atoms with Gasteiger partial charge in [0.1, 0.15) is 0 Å². The van der Waals surface area contributed by atoms with Gasteiger partial charge in [-0.2, -0.15) is 0 Å². The van der Waals surface area contributed by atoms with Crippen LogP contribution in [0.5, 0.6) is 0 Å². The maximum absolute atomic E-state index is 4.34. The molecule has 19 heavy (non-hydrogen) atoms. The summed E-state index contributed by atoms with van der Waals surface area (Å²) in [5, 5.41) is 3.64. The summed E-state index contributed by atoms with van der Waals surface area (Å²) in [6, 6.07) is 15.1. The van der Waals surface area contributed by atoms with Crippen LogP contribution in [0.1, 0.15) is 43.5 Å². The van der Waals surface area contributed by atoms with E-state index in [1.54, 1.807) is 0 Å². The van der Waals surface area contributed by atoms with E-state index in [0.717, 1.165) is 17.8 Å². The minimum atomic E-state index is 0.365. The summed E-state index contributed by atoms with van der Waals surface area (Å²) in [7, 11) is 0. The Bertz CT molecular complexity index is 494. The van der Waals surface area contributed by atoms with Gasteiger partial charge in [-0.05, 0) is 31.0 Å². The third-order valence-corrected chi connectivity index (χ3v) is 3.38. The van der Waals surface area contributed by atoms with Crippen molar-refractivity contribution in [3.63, 3.8) is 0 Å². The van der Waals surface area contributed by atoms with Crippen LogP contribution >= 0.6 is 0 Å². The molecule has 1 N–H and O–H groups in total. The first-order valence-electron chi connectivity index (χ1n) is 7.04. The number of rotatable bonds is 6. The second-order valence-corrected chi connectivity index (χ2v) is 4.89. The van der Waals surface area contributed by atoms with Crippen LogP contribution in [0.25, 0.3) is 0 Å². The largest absolute Gasteiger partial charge is 0.377 e. The van der Waals surface area contributed by atoms with Gasteiger partial charge in [0.05, 0.1) is 17.4 Å². The number of benzene rings is 1. The first-order valence-corrected chi connectivity index (χ1v) is 7.04. The lowest BCUT2D eigenvalue weighted by Gasteiger charge is -2.21. The topological polar surface area (TPSA) is 24.9 Å². The Morgan fingerprint density at radius 2 is 1.89 bits per heavy atom. The number of pyridine rings is 1. The van der Waals surface area contributed by atoms with Crippen molar-refractivity contribution in [1.82, 2.24) is 4.98 Å². The summed E-state index contributed by atoms with van der Waals surface area (Å²) in [4.78, 5) is 4.34. The van der Waals surface area contributed by atoms with Crippen molar-refractivity contribution in [2.45, 2.75) is 39.2 Å². The van der Waals surface area contributed by atoms with Crippen LogP contribution in [0, 0.1) is 6.92 Å². The van der Waals surface area contributed by atoms with E-state index in [9.17, 15) is 0 Å². The molecule has 0 radical (unpaired) electrons. The molecule has 2 nitrogen and oxygen atoms in total. The van der Waals surface area contributed by atoms with Gasteiger partial charge in [0.15, 0.2) is 0 Å². The number of unbranched alkanes of at least 4 members (excludes halogenated alkanes) is 1. The first kappa shape index (κ1) is 13.6. The van der Waals surface area contributed by atoms with Crippen molar-refractivity contribution >= 4 is 5.69 Å². The average molecular weight is 254 g/mol. The molecule has 1 unspecified atom stereocenters. The van der Waals surface area contributed by atoms with Gasteiger partial charge >= 0.3 is 0 Å². The second kappa shape index (κ2) is 6.93. The van der Waals surface area contributed by atoms with Gasteiger partial charge in [0, 0.05) is 6.20 Å². The Balaban J connectivity index is 2.17. The Morgan fingerprint density at radius 3 is 2.58 bits per heavy atom. The fraction of sp³-hybridized carbons (Fsp3) is 0.353. The molecular formula is C17H22N2. The molecular weight excluding hydrogens is 232 g/mol. The maximum Gasteiger partial charge on any atom is 0.0603 e. The molecule has 1 atom stereocenters. The Kier molecular flexibility index (Phi) is 4.96. The zero-order valence-electron chi connectivity index (χ0n) is 11.8. The van der Waals surface area contributed by atoms with E-state index in [1.807, 2.05) is 19.2 Å². The van der Waals surface area contributed by atoms with E-state index in [1.165, 1.54) is 18.4 Å². The summed E-state index contributed by atoms with van der Waals surface area (Å²) < 4.78 is 0. The SMILES string of the molecule is CCCCC(Nc1cccnc1C)c1ccccc1. The molecule has 0 fully saturated rings. The number of nitrogens with one attached hydrogen (secondary N) is 1. The zero-order valence-corrected chi connectivity index (χ0v) is 11.8. The lowest BCUT2D eigenvalue weighted by Crippen LogP contribution is -2.12. The monoisotopic (exact) mass is 254 g/mol. The molecule has 1 heterocycles. The normalized spacial score (nSPS) is 12.1. The fourth-order valence-corrected chi connectivity index (χ4v) is 2.24. The summed E-state index contributed by atoms with van der Waals surface area (Å²) in [6.45, 7) is 4.28. The molecule has 2 rings (SSSR count). The minimum absolute atomic E-state index is 0.365. The van der Waals surface area contributed by atoms with Gasteiger partial charge in [-0.15, -0.1) is 0 Å². The first-order chi connectivity index (χ1) is 9.31. The van der Waals surface area contributed by atoms with Gasteiger partial charge < -0.3 is 5.32 Å². The van der Waals surface area contributed by atoms with Gasteiger partial charge in [0.2, 0.25) is 0 Å². The van der Waals surface area contributed by atoms with E-state index >= 15 is 0 Å². The van der Waals surface area contributed by atoms with Gasteiger partial charge in [-0.1, -0.05) is 50.1 Å². The number of aryl methyl sites for hydroxylation is 1. The molecule has 1 aromatic carbocycles. The molecule has 0 saturated heterocycles. The lowest BCUT2D eigenvalue weighted by molar-refractivity contribution is 0.634. The smallest absolute Gasteiger partial charge is 0.0603 e. The van der Waals surface area contributed by atoms with Crippen molar-refractivity contribution in [2.24, 2.45) is 0 Å². The summed E-state index contributed by atoms with van der Waals surface area (Å²) >= 11 is 0. The van der Waals surface area contributed by atoms with E-state index in [-0.39, 0.29) is 0 Å².